The maximum atomic E-state index is 11.4. The van der Waals surface area contributed by atoms with Gasteiger partial charge in [-0.3, -0.25) is 9.59 Å². The Kier molecular flexibility index (Phi) is 2.44. The van der Waals surface area contributed by atoms with Crippen LogP contribution in [0.25, 0.3) is 0 Å². The standard InChI is InChI=1S/C11H17NO3/c1-5-2-3-6-4-7(5)9(10(12)13)8(6)11(14)15/h5-9H,2-4H2,1H3,(H2,12,13)(H,14,15). The minimum absolute atomic E-state index is 0.168. The van der Waals surface area contributed by atoms with Crippen LogP contribution in [-0.4, -0.2) is 17.0 Å². The molecule has 3 N–H and O–H groups in total. The first kappa shape index (κ1) is 10.5. The molecule has 15 heavy (non-hydrogen) atoms. The second-order valence-electron chi connectivity index (χ2n) is 5.01. The Morgan fingerprint density at radius 1 is 1.27 bits per heavy atom. The maximum Gasteiger partial charge on any atom is 0.307 e. The maximum absolute atomic E-state index is 11.4. The number of hydrogen-bond donors (Lipinski definition) is 2. The SMILES string of the molecule is CC1CCC2CC1C(C(N)=O)C2C(=O)O. The topological polar surface area (TPSA) is 80.4 Å². The molecule has 84 valence electrons. The molecule has 0 aromatic heterocycles. The molecule has 5 unspecified atom stereocenters. The van der Waals surface area contributed by atoms with E-state index in [1.165, 1.54) is 0 Å². The largest absolute Gasteiger partial charge is 0.481 e. The van der Waals surface area contributed by atoms with Crippen LogP contribution in [0.5, 0.6) is 0 Å². The fourth-order valence-corrected chi connectivity index (χ4v) is 3.52. The number of primary amides is 1. The summed E-state index contributed by atoms with van der Waals surface area (Å²) in [5, 5.41) is 9.16. The average Bonchev–Trinajstić information content (AvgIpc) is 2.47. The minimum atomic E-state index is -0.847. The lowest BCUT2D eigenvalue weighted by molar-refractivity contribution is -0.147. The first-order valence-corrected chi connectivity index (χ1v) is 5.54. The van der Waals surface area contributed by atoms with Crippen molar-refractivity contribution in [3.05, 3.63) is 0 Å². The van der Waals surface area contributed by atoms with Crippen LogP contribution >= 0.6 is 0 Å². The van der Waals surface area contributed by atoms with Gasteiger partial charge in [-0.15, -0.1) is 0 Å². The van der Waals surface area contributed by atoms with E-state index in [0.717, 1.165) is 19.3 Å². The Hall–Kier alpha value is -1.06. The number of aliphatic carboxylic acids is 1. The first-order valence-electron chi connectivity index (χ1n) is 5.54. The molecule has 2 fully saturated rings. The summed E-state index contributed by atoms with van der Waals surface area (Å²) in [6.45, 7) is 2.10. The van der Waals surface area contributed by atoms with Crippen molar-refractivity contribution < 1.29 is 14.7 Å². The molecule has 2 aliphatic rings. The van der Waals surface area contributed by atoms with E-state index in [1.54, 1.807) is 0 Å². The van der Waals surface area contributed by atoms with E-state index in [0.29, 0.717) is 5.92 Å². The van der Waals surface area contributed by atoms with E-state index >= 15 is 0 Å². The van der Waals surface area contributed by atoms with Crippen LogP contribution in [-0.2, 0) is 9.59 Å². The van der Waals surface area contributed by atoms with E-state index in [-0.39, 0.29) is 11.8 Å². The molecular weight excluding hydrogens is 194 g/mol. The van der Waals surface area contributed by atoms with Gasteiger partial charge in [0.05, 0.1) is 11.8 Å². The molecule has 5 atom stereocenters. The number of carboxylic acid groups (broad SMARTS) is 1. The number of carboxylic acids is 1. The molecule has 0 saturated heterocycles. The van der Waals surface area contributed by atoms with Crippen LogP contribution in [0, 0.1) is 29.6 Å². The van der Waals surface area contributed by atoms with E-state index in [2.05, 4.69) is 6.92 Å². The van der Waals surface area contributed by atoms with Gasteiger partial charge in [0.1, 0.15) is 0 Å². The van der Waals surface area contributed by atoms with E-state index < -0.39 is 23.7 Å². The van der Waals surface area contributed by atoms with Gasteiger partial charge in [0.2, 0.25) is 5.91 Å². The van der Waals surface area contributed by atoms with Gasteiger partial charge >= 0.3 is 5.97 Å². The summed E-state index contributed by atoms with van der Waals surface area (Å²) >= 11 is 0. The Morgan fingerprint density at radius 2 is 1.93 bits per heavy atom. The van der Waals surface area contributed by atoms with Gasteiger partial charge in [0.25, 0.3) is 0 Å². The zero-order valence-corrected chi connectivity index (χ0v) is 8.85. The van der Waals surface area contributed by atoms with E-state index in [9.17, 15) is 9.59 Å². The summed E-state index contributed by atoms with van der Waals surface area (Å²) in [5.41, 5.74) is 5.34. The van der Waals surface area contributed by atoms with Gasteiger partial charge in [-0.2, -0.15) is 0 Å². The number of rotatable bonds is 2. The molecule has 0 aromatic rings. The third kappa shape index (κ3) is 1.52. The summed E-state index contributed by atoms with van der Waals surface area (Å²) < 4.78 is 0. The molecule has 0 aromatic carbocycles. The van der Waals surface area contributed by atoms with E-state index in [1.807, 2.05) is 0 Å². The molecule has 0 spiro atoms. The summed E-state index contributed by atoms with van der Waals surface area (Å²) in [5.74, 6) is -1.45. The zero-order chi connectivity index (χ0) is 11.2. The predicted molar refractivity (Wildman–Crippen MR) is 53.8 cm³/mol. The predicted octanol–water partition coefficient (Wildman–Crippen LogP) is 0.855. The van der Waals surface area contributed by atoms with Crippen molar-refractivity contribution in [3.63, 3.8) is 0 Å². The zero-order valence-electron chi connectivity index (χ0n) is 8.85. The van der Waals surface area contributed by atoms with Crippen LogP contribution in [0.15, 0.2) is 0 Å². The first-order chi connectivity index (χ1) is 7.02. The second-order valence-corrected chi connectivity index (χ2v) is 5.01. The lowest BCUT2D eigenvalue weighted by atomic mass is 9.78. The summed E-state index contributed by atoms with van der Waals surface area (Å²) in [6.07, 6.45) is 2.83. The fraction of sp³-hybridized carbons (Fsp3) is 0.818. The molecule has 0 aliphatic heterocycles. The van der Waals surface area contributed by atoms with Crippen LogP contribution in [0.2, 0.25) is 0 Å². The fourth-order valence-electron chi connectivity index (χ4n) is 3.52. The number of fused-ring (bicyclic) bond motifs is 2. The quantitative estimate of drug-likeness (QED) is 0.710. The Balaban J connectivity index is 2.31. The van der Waals surface area contributed by atoms with Crippen molar-refractivity contribution in [1.82, 2.24) is 0 Å². The number of carbonyl (C=O) groups is 2. The molecule has 0 radical (unpaired) electrons. The lowest BCUT2D eigenvalue weighted by Crippen LogP contribution is -2.36. The van der Waals surface area contributed by atoms with E-state index in [4.69, 9.17) is 10.8 Å². The molecule has 4 nitrogen and oxygen atoms in total. The van der Waals surface area contributed by atoms with Gasteiger partial charge in [0.15, 0.2) is 0 Å². The summed E-state index contributed by atoms with van der Waals surface area (Å²) in [4.78, 5) is 22.5. The van der Waals surface area contributed by atoms with Crippen molar-refractivity contribution in [3.8, 4) is 0 Å². The van der Waals surface area contributed by atoms with Gasteiger partial charge in [0, 0.05) is 0 Å². The number of hydrogen-bond acceptors (Lipinski definition) is 2. The Bertz CT molecular complexity index is 302. The monoisotopic (exact) mass is 211 g/mol. The van der Waals surface area contributed by atoms with Crippen molar-refractivity contribution in [1.29, 1.82) is 0 Å². The van der Waals surface area contributed by atoms with Crippen molar-refractivity contribution >= 4 is 11.9 Å². The van der Waals surface area contributed by atoms with Gasteiger partial charge in [-0.25, -0.2) is 0 Å². The molecule has 0 heterocycles. The minimum Gasteiger partial charge on any atom is -0.481 e. The average molecular weight is 211 g/mol. The Labute approximate surface area is 88.8 Å². The van der Waals surface area contributed by atoms with Crippen LogP contribution in [0.3, 0.4) is 0 Å². The smallest absolute Gasteiger partial charge is 0.307 e. The molecule has 2 aliphatic carbocycles. The number of nitrogens with two attached hydrogens (primary N) is 1. The summed E-state index contributed by atoms with van der Waals surface area (Å²) in [7, 11) is 0. The normalized spacial score (nSPS) is 43.9. The van der Waals surface area contributed by atoms with Crippen LogP contribution < -0.4 is 5.73 Å². The van der Waals surface area contributed by atoms with Crippen LogP contribution in [0.4, 0.5) is 0 Å². The molecule has 4 heteroatoms. The molecule has 2 bridgehead atoms. The highest BCUT2D eigenvalue weighted by atomic mass is 16.4. The molecule has 2 saturated carbocycles. The number of carbonyl (C=O) groups excluding carboxylic acids is 1. The van der Waals surface area contributed by atoms with Gasteiger partial charge in [-0.05, 0) is 30.6 Å². The second kappa shape index (κ2) is 3.51. The molecule has 1 amide bonds. The lowest BCUT2D eigenvalue weighted by Gasteiger charge is -2.26. The number of amides is 1. The highest BCUT2D eigenvalue weighted by Crippen LogP contribution is 2.52. The highest BCUT2D eigenvalue weighted by Gasteiger charge is 2.53. The molecular formula is C11H17NO3. The summed E-state index contributed by atoms with van der Waals surface area (Å²) in [6, 6.07) is 0. The Morgan fingerprint density at radius 3 is 2.47 bits per heavy atom. The van der Waals surface area contributed by atoms with Gasteiger partial charge in [-0.1, -0.05) is 13.3 Å². The van der Waals surface area contributed by atoms with Gasteiger partial charge < -0.3 is 10.8 Å². The van der Waals surface area contributed by atoms with Crippen LogP contribution in [0.1, 0.15) is 26.2 Å². The highest BCUT2D eigenvalue weighted by molar-refractivity contribution is 5.84. The van der Waals surface area contributed by atoms with Crippen molar-refractivity contribution in [2.24, 2.45) is 35.3 Å². The molecule has 2 rings (SSSR count). The third-order valence-electron chi connectivity index (χ3n) is 4.27. The van der Waals surface area contributed by atoms with Crippen molar-refractivity contribution in [2.75, 3.05) is 0 Å². The third-order valence-corrected chi connectivity index (χ3v) is 4.27. The van der Waals surface area contributed by atoms with Crippen molar-refractivity contribution in [2.45, 2.75) is 26.2 Å².